The third-order valence-electron chi connectivity index (χ3n) is 1.89. The topological polar surface area (TPSA) is 30.8 Å². The van der Waals surface area contributed by atoms with Crippen molar-refractivity contribution in [3.63, 3.8) is 0 Å². The Morgan fingerprint density at radius 3 is 2.32 bits per heavy atom. The van der Waals surface area contributed by atoms with Gasteiger partial charge < -0.3 is 14.5 Å². The van der Waals surface area contributed by atoms with Gasteiger partial charge in [-0.15, -0.1) is 23.8 Å². The molecule has 0 N–H and O–H groups in total. The fourth-order valence-electron chi connectivity index (χ4n) is 1.02. The molecule has 1 rings (SSSR count). The van der Waals surface area contributed by atoms with Crippen LogP contribution in [0.4, 0.5) is 8.78 Å². The quantitative estimate of drug-likeness (QED) is 0.466. The van der Waals surface area contributed by atoms with Gasteiger partial charge in [0.25, 0.3) is 0 Å². The molecule has 0 aliphatic heterocycles. The van der Waals surface area contributed by atoms with Gasteiger partial charge in [-0.25, -0.2) is 4.39 Å². The summed E-state index contributed by atoms with van der Waals surface area (Å²) in [6.45, 7) is 4.28. The summed E-state index contributed by atoms with van der Waals surface area (Å²) in [6.07, 6.45) is 0.939. The summed E-state index contributed by atoms with van der Waals surface area (Å²) >= 11 is 0. The maximum Gasteiger partial charge on any atom is 0.175 e. The Morgan fingerprint density at radius 1 is 1.26 bits per heavy atom. The van der Waals surface area contributed by atoms with Crippen LogP contribution in [-0.2, 0) is 42.2 Å². The molecule has 19 heavy (non-hydrogen) atoms. The van der Waals surface area contributed by atoms with Crippen molar-refractivity contribution in [2.24, 2.45) is 4.99 Å². The smallest absolute Gasteiger partial charge is 0.175 e. The first-order valence-electron chi connectivity index (χ1n) is 5.59. The monoisotopic (exact) mass is 347 g/mol. The van der Waals surface area contributed by atoms with E-state index in [1.807, 2.05) is 13.8 Å². The standard InChI is InChI=1S/C11H12F2NO2.C2H6.Y/c1-15-11(16-2)7-14-6-8-3-4-9(12)10(13)5-8;1-2;/h4-6,11H,7H2,1-2H3;1-2H3;/q-1;;. The molecular weight excluding hydrogens is 329 g/mol. The van der Waals surface area contributed by atoms with Crippen LogP contribution in [-0.4, -0.2) is 33.3 Å². The first-order valence-corrected chi connectivity index (χ1v) is 5.59. The van der Waals surface area contributed by atoms with Crippen molar-refractivity contribution in [3.8, 4) is 0 Å². The second kappa shape index (κ2) is 12.8. The SMILES string of the molecule is CC.COC(CN=Cc1[c-]cc(F)c(F)c1)OC.[Y]. The van der Waals surface area contributed by atoms with Gasteiger partial charge in [-0.05, 0) is 0 Å². The molecule has 1 aromatic carbocycles. The predicted octanol–water partition coefficient (Wildman–Crippen LogP) is 2.83. The van der Waals surface area contributed by atoms with Crippen LogP contribution in [0.5, 0.6) is 0 Å². The number of methoxy groups -OCH3 is 2. The molecule has 0 bridgehead atoms. The Kier molecular flexibility index (Phi) is 14.2. The molecule has 3 nitrogen and oxygen atoms in total. The van der Waals surface area contributed by atoms with Crippen LogP contribution in [0.3, 0.4) is 0 Å². The summed E-state index contributed by atoms with van der Waals surface area (Å²) in [5, 5.41) is 0. The van der Waals surface area contributed by atoms with Gasteiger partial charge in [0.05, 0.1) is 18.2 Å². The minimum atomic E-state index is -0.927. The van der Waals surface area contributed by atoms with Gasteiger partial charge in [0.15, 0.2) is 6.29 Å². The summed E-state index contributed by atoms with van der Waals surface area (Å²) in [6, 6.07) is 4.49. The molecule has 0 aromatic heterocycles. The van der Waals surface area contributed by atoms with E-state index in [-0.39, 0.29) is 39.3 Å². The van der Waals surface area contributed by atoms with Crippen molar-refractivity contribution in [2.75, 3.05) is 20.8 Å². The molecule has 0 fully saturated rings. The summed E-state index contributed by atoms with van der Waals surface area (Å²) in [7, 11) is 2.99. The molecule has 0 saturated carbocycles. The van der Waals surface area contributed by atoms with E-state index in [9.17, 15) is 8.78 Å². The molecule has 1 radical (unpaired) electrons. The van der Waals surface area contributed by atoms with Gasteiger partial charge in [0.2, 0.25) is 0 Å². The molecule has 0 aliphatic rings. The minimum absolute atomic E-state index is 0. The van der Waals surface area contributed by atoms with Crippen LogP contribution in [0.1, 0.15) is 19.4 Å². The van der Waals surface area contributed by atoms with Crippen molar-refractivity contribution >= 4 is 6.21 Å². The number of nitrogens with zero attached hydrogens (tertiary/aromatic N) is 1. The Balaban J connectivity index is 0. The zero-order chi connectivity index (χ0) is 14.0. The number of halogens is 2. The third-order valence-corrected chi connectivity index (χ3v) is 1.89. The van der Waals surface area contributed by atoms with E-state index < -0.39 is 17.9 Å². The van der Waals surface area contributed by atoms with Crippen LogP contribution in [0.2, 0.25) is 0 Å². The maximum atomic E-state index is 12.8. The van der Waals surface area contributed by atoms with Crippen LogP contribution in [0, 0.1) is 17.7 Å². The molecule has 0 atom stereocenters. The molecular formula is C13H18F2NO2Y-. The van der Waals surface area contributed by atoms with E-state index in [2.05, 4.69) is 11.1 Å². The van der Waals surface area contributed by atoms with Crippen molar-refractivity contribution in [3.05, 3.63) is 35.4 Å². The van der Waals surface area contributed by atoms with Gasteiger partial charge in [0.1, 0.15) is 0 Å². The number of rotatable bonds is 5. The number of hydrogen-bond acceptors (Lipinski definition) is 3. The summed E-state index contributed by atoms with van der Waals surface area (Å²) in [5.74, 6) is -1.85. The molecule has 6 heteroatoms. The van der Waals surface area contributed by atoms with Gasteiger partial charge in [0, 0.05) is 46.9 Å². The first-order chi connectivity index (χ1) is 8.67. The molecule has 0 unspecified atom stereocenters. The van der Waals surface area contributed by atoms with Crippen LogP contribution in [0.15, 0.2) is 17.1 Å². The van der Waals surface area contributed by atoms with Crippen LogP contribution in [0.25, 0.3) is 0 Å². The van der Waals surface area contributed by atoms with Crippen molar-refractivity contribution < 1.29 is 51.0 Å². The van der Waals surface area contributed by atoms with Gasteiger partial charge >= 0.3 is 0 Å². The molecule has 0 heterocycles. The van der Waals surface area contributed by atoms with Gasteiger partial charge in [-0.2, -0.15) is 0 Å². The number of benzene rings is 1. The largest absolute Gasteiger partial charge is 0.354 e. The Hall–Kier alpha value is -0.226. The predicted molar refractivity (Wildman–Crippen MR) is 66.8 cm³/mol. The number of ether oxygens (including phenoxy) is 2. The molecule has 0 amide bonds. The average Bonchev–Trinajstić information content (AvgIpc) is 2.41. The van der Waals surface area contributed by atoms with E-state index in [1.165, 1.54) is 20.4 Å². The second-order valence-electron chi connectivity index (χ2n) is 2.98. The fourth-order valence-corrected chi connectivity index (χ4v) is 1.02. The zero-order valence-corrected chi connectivity index (χ0v) is 14.5. The van der Waals surface area contributed by atoms with Crippen molar-refractivity contribution in [2.45, 2.75) is 20.1 Å². The molecule has 0 aliphatic carbocycles. The molecule has 1 aromatic rings. The maximum absolute atomic E-state index is 12.8. The van der Waals surface area contributed by atoms with Crippen LogP contribution < -0.4 is 0 Å². The third kappa shape index (κ3) is 8.53. The van der Waals surface area contributed by atoms with E-state index in [4.69, 9.17) is 9.47 Å². The minimum Gasteiger partial charge on any atom is -0.354 e. The van der Waals surface area contributed by atoms with Crippen molar-refractivity contribution in [1.82, 2.24) is 0 Å². The fraction of sp³-hybridized carbons (Fsp3) is 0.462. The van der Waals surface area contributed by atoms with Gasteiger partial charge in [-0.1, -0.05) is 20.1 Å². The summed E-state index contributed by atoms with van der Waals surface area (Å²) in [4.78, 5) is 3.96. The second-order valence-corrected chi connectivity index (χ2v) is 2.98. The van der Waals surface area contributed by atoms with E-state index >= 15 is 0 Å². The number of hydrogen-bond donors (Lipinski definition) is 0. The first kappa shape index (κ1) is 21.1. The molecule has 105 valence electrons. The summed E-state index contributed by atoms with van der Waals surface area (Å²) in [5.41, 5.74) is 0.366. The van der Waals surface area contributed by atoms with E-state index in [0.717, 1.165) is 12.1 Å². The molecule has 0 saturated heterocycles. The average molecular weight is 347 g/mol. The Bertz CT molecular complexity index is 372. The van der Waals surface area contributed by atoms with E-state index in [0.29, 0.717) is 5.56 Å². The van der Waals surface area contributed by atoms with E-state index in [1.54, 1.807) is 0 Å². The van der Waals surface area contributed by atoms with Gasteiger partial charge in [-0.3, -0.25) is 4.39 Å². The zero-order valence-electron chi connectivity index (χ0n) is 11.6. The normalized spacial score (nSPS) is 10.1. The van der Waals surface area contributed by atoms with Crippen molar-refractivity contribution in [1.29, 1.82) is 0 Å². The Morgan fingerprint density at radius 2 is 1.84 bits per heavy atom. The summed E-state index contributed by atoms with van der Waals surface area (Å²) < 4.78 is 35.2. The molecule has 0 spiro atoms. The Labute approximate surface area is 138 Å². The number of aliphatic imine (C=N–C) groups is 1. The van der Waals surface area contributed by atoms with Crippen LogP contribution >= 0.6 is 0 Å².